The lowest BCUT2D eigenvalue weighted by Crippen LogP contribution is -2.16. The number of carbonyl (C=O) groups is 2. The van der Waals surface area contributed by atoms with Crippen molar-refractivity contribution in [2.24, 2.45) is 0 Å². The molecule has 0 saturated heterocycles. The molecule has 0 saturated carbocycles. The predicted octanol–water partition coefficient (Wildman–Crippen LogP) is 2.85. The Morgan fingerprint density at radius 3 is 2.11 bits per heavy atom. The number of hydrogen-bond donors (Lipinski definition) is 0. The molecule has 0 N–H and O–H groups in total. The lowest BCUT2D eigenvalue weighted by atomic mass is 10.5. The molecule has 0 aliphatic rings. The van der Waals surface area contributed by atoms with Gasteiger partial charge in [0.25, 0.3) is 10.5 Å². The highest BCUT2D eigenvalue weighted by Gasteiger charge is 2.09. The Bertz CT molecular complexity index is 407. The van der Waals surface area contributed by atoms with E-state index in [1.807, 2.05) is 0 Å². The zero-order valence-corrected chi connectivity index (χ0v) is 12.5. The molecule has 0 radical (unpaired) electrons. The SMILES string of the molecule is C#C/C=C/C(=C/SC(=O)N(C)C)SC(=O)N(C)C. The van der Waals surface area contributed by atoms with E-state index >= 15 is 0 Å². The zero-order chi connectivity index (χ0) is 14.1. The van der Waals surface area contributed by atoms with Gasteiger partial charge in [0.05, 0.1) is 0 Å². The highest BCUT2D eigenvalue weighted by Crippen LogP contribution is 2.24. The molecule has 6 heteroatoms. The van der Waals surface area contributed by atoms with Crippen LogP contribution < -0.4 is 0 Å². The first-order valence-electron chi connectivity index (χ1n) is 4.98. The summed E-state index contributed by atoms with van der Waals surface area (Å²) in [5, 5.41) is 1.38. The normalized spacial score (nSPS) is 11.2. The van der Waals surface area contributed by atoms with E-state index in [1.54, 1.807) is 39.7 Å². The van der Waals surface area contributed by atoms with Crippen LogP contribution in [0.1, 0.15) is 0 Å². The van der Waals surface area contributed by atoms with E-state index in [2.05, 4.69) is 5.92 Å². The van der Waals surface area contributed by atoms with Crippen molar-refractivity contribution in [2.45, 2.75) is 0 Å². The number of rotatable bonds is 3. The molecule has 0 atom stereocenters. The summed E-state index contributed by atoms with van der Waals surface area (Å²) in [7, 11) is 6.66. The molecule has 2 amide bonds. The van der Waals surface area contributed by atoms with Crippen LogP contribution in [0.4, 0.5) is 9.59 Å². The van der Waals surface area contributed by atoms with E-state index in [0.29, 0.717) is 4.91 Å². The predicted molar refractivity (Wildman–Crippen MR) is 79.4 cm³/mol. The molecule has 0 aliphatic heterocycles. The monoisotopic (exact) mass is 284 g/mol. The van der Waals surface area contributed by atoms with Gasteiger partial charge in [0, 0.05) is 33.1 Å². The van der Waals surface area contributed by atoms with Crippen molar-refractivity contribution in [3.63, 3.8) is 0 Å². The minimum absolute atomic E-state index is 0.112. The van der Waals surface area contributed by atoms with Gasteiger partial charge in [-0.2, -0.15) is 0 Å². The summed E-state index contributed by atoms with van der Waals surface area (Å²) in [6.45, 7) is 0. The first-order valence-corrected chi connectivity index (χ1v) is 6.68. The summed E-state index contributed by atoms with van der Waals surface area (Å²) >= 11 is 2.03. The molecule has 98 valence electrons. The quantitative estimate of drug-likeness (QED) is 0.590. The number of nitrogens with zero attached hydrogens (tertiary/aromatic N) is 2. The average molecular weight is 284 g/mol. The topological polar surface area (TPSA) is 40.6 Å². The second kappa shape index (κ2) is 8.72. The molecule has 0 bridgehead atoms. The van der Waals surface area contributed by atoms with Gasteiger partial charge in [0.15, 0.2) is 0 Å². The van der Waals surface area contributed by atoms with Gasteiger partial charge in [-0.25, -0.2) is 0 Å². The van der Waals surface area contributed by atoms with Gasteiger partial charge in [-0.3, -0.25) is 9.59 Å². The van der Waals surface area contributed by atoms with Gasteiger partial charge >= 0.3 is 0 Å². The second-order valence-corrected chi connectivity index (χ2v) is 5.41. The van der Waals surface area contributed by atoms with Crippen LogP contribution in [0.5, 0.6) is 0 Å². The van der Waals surface area contributed by atoms with E-state index in [9.17, 15) is 9.59 Å². The first kappa shape index (κ1) is 16.7. The smallest absolute Gasteiger partial charge is 0.285 e. The fourth-order valence-electron chi connectivity index (χ4n) is 0.634. The zero-order valence-electron chi connectivity index (χ0n) is 10.8. The van der Waals surface area contributed by atoms with Gasteiger partial charge < -0.3 is 9.80 Å². The highest BCUT2D eigenvalue weighted by atomic mass is 32.2. The third-order valence-electron chi connectivity index (χ3n) is 1.56. The van der Waals surface area contributed by atoms with Crippen LogP contribution >= 0.6 is 23.5 Å². The van der Waals surface area contributed by atoms with E-state index in [0.717, 1.165) is 23.5 Å². The average Bonchev–Trinajstić information content (AvgIpc) is 2.31. The minimum atomic E-state index is -0.124. The first-order chi connectivity index (χ1) is 8.38. The minimum Gasteiger partial charge on any atom is -0.339 e. The Kier molecular flexibility index (Phi) is 8.08. The van der Waals surface area contributed by atoms with Crippen molar-refractivity contribution in [1.29, 1.82) is 0 Å². The third-order valence-corrected chi connectivity index (χ3v) is 3.67. The molecule has 0 fully saturated rings. The van der Waals surface area contributed by atoms with Crippen LogP contribution in [0, 0.1) is 12.3 Å². The van der Waals surface area contributed by atoms with Gasteiger partial charge in [-0.05, 0) is 41.1 Å². The summed E-state index contributed by atoms with van der Waals surface area (Å²) < 4.78 is 0. The van der Waals surface area contributed by atoms with Crippen molar-refractivity contribution in [3.8, 4) is 12.3 Å². The standard InChI is InChI=1S/C12H16N2O2S2/c1-6-7-8-10(18-12(16)14(4)5)9-17-11(15)13(2)3/h1,7-9H,2-5H3/b8-7+,10-9-. The Morgan fingerprint density at radius 2 is 1.67 bits per heavy atom. The van der Waals surface area contributed by atoms with Crippen molar-refractivity contribution in [2.75, 3.05) is 28.2 Å². The van der Waals surface area contributed by atoms with Crippen LogP contribution in [0.25, 0.3) is 0 Å². The van der Waals surface area contributed by atoms with E-state index in [1.165, 1.54) is 15.9 Å². The number of carbonyl (C=O) groups excluding carboxylic acids is 2. The fourth-order valence-corrected chi connectivity index (χ4v) is 2.00. The second-order valence-electron chi connectivity index (χ2n) is 3.56. The summed E-state index contributed by atoms with van der Waals surface area (Å²) in [6.07, 6.45) is 8.24. The molecular weight excluding hydrogens is 268 g/mol. The molecule has 0 aromatic heterocycles. The van der Waals surface area contributed by atoms with Crippen LogP contribution in [0.3, 0.4) is 0 Å². The Morgan fingerprint density at radius 1 is 1.11 bits per heavy atom. The lowest BCUT2D eigenvalue weighted by Gasteiger charge is -2.10. The van der Waals surface area contributed by atoms with E-state index in [-0.39, 0.29) is 10.5 Å². The van der Waals surface area contributed by atoms with Crippen LogP contribution in [0.15, 0.2) is 22.5 Å². The summed E-state index contributed by atoms with van der Waals surface area (Å²) in [4.78, 5) is 26.5. The Hall–Kier alpha value is -1.32. The van der Waals surface area contributed by atoms with Crippen LogP contribution in [-0.2, 0) is 0 Å². The number of amides is 2. The lowest BCUT2D eigenvalue weighted by molar-refractivity contribution is 0.240. The maximum atomic E-state index is 11.6. The molecule has 4 nitrogen and oxygen atoms in total. The molecular formula is C12H16N2O2S2. The number of thioether (sulfide) groups is 2. The van der Waals surface area contributed by atoms with Crippen molar-refractivity contribution in [1.82, 2.24) is 9.80 Å². The molecule has 0 aliphatic carbocycles. The molecule has 18 heavy (non-hydrogen) atoms. The molecule has 0 aromatic rings. The van der Waals surface area contributed by atoms with Gasteiger partial charge in [0.1, 0.15) is 0 Å². The number of terminal acetylenes is 1. The summed E-state index contributed by atoms with van der Waals surface area (Å²) in [5.41, 5.74) is 0. The van der Waals surface area contributed by atoms with Crippen molar-refractivity contribution < 1.29 is 9.59 Å². The molecule has 0 aromatic carbocycles. The van der Waals surface area contributed by atoms with Crippen LogP contribution in [0.2, 0.25) is 0 Å². The van der Waals surface area contributed by atoms with Crippen molar-refractivity contribution in [3.05, 3.63) is 22.5 Å². The fraction of sp³-hybridized carbons (Fsp3) is 0.333. The maximum absolute atomic E-state index is 11.6. The molecule has 0 spiro atoms. The Labute approximate surface area is 116 Å². The summed E-state index contributed by atoms with van der Waals surface area (Å²) in [5.74, 6) is 2.35. The van der Waals surface area contributed by atoms with Gasteiger partial charge in [-0.15, -0.1) is 6.42 Å². The maximum Gasteiger partial charge on any atom is 0.285 e. The number of hydrogen-bond acceptors (Lipinski definition) is 4. The van der Waals surface area contributed by atoms with E-state index in [4.69, 9.17) is 6.42 Å². The van der Waals surface area contributed by atoms with Crippen LogP contribution in [-0.4, -0.2) is 48.5 Å². The largest absolute Gasteiger partial charge is 0.339 e. The summed E-state index contributed by atoms with van der Waals surface area (Å²) in [6, 6.07) is 0. The molecule has 0 unspecified atom stereocenters. The van der Waals surface area contributed by atoms with Crippen molar-refractivity contribution >= 4 is 34.0 Å². The van der Waals surface area contributed by atoms with Gasteiger partial charge in [-0.1, -0.05) is 5.92 Å². The van der Waals surface area contributed by atoms with Gasteiger partial charge in [0.2, 0.25) is 0 Å². The Balaban J connectivity index is 4.74. The third kappa shape index (κ3) is 7.09. The highest BCUT2D eigenvalue weighted by molar-refractivity contribution is 8.19. The number of allylic oxidation sites excluding steroid dienone is 2. The molecule has 0 heterocycles. The molecule has 0 rings (SSSR count). The van der Waals surface area contributed by atoms with E-state index < -0.39 is 0 Å².